The average Bonchev–Trinajstić information content (AvgIpc) is 2.20. The SMILES string of the molecule is [N-]=[N+]=NCCC=Cc1ccc(O)cc1N. The van der Waals surface area contributed by atoms with E-state index in [2.05, 4.69) is 10.0 Å². The smallest absolute Gasteiger partial charge is 0.117 e. The summed E-state index contributed by atoms with van der Waals surface area (Å²) < 4.78 is 0. The summed E-state index contributed by atoms with van der Waals surface area (Å²) in [5.74, 6) is 0.152. The molecule has 0 radical (unpaired) electrons. The van der Waals surface area contributed by atoms with E-state index in [4.69, 9.17) is 16.4 Å². The summed E-state index contributed by atoms with van der Waals surface area (Å²) in [6, 6.07) is 4.80. The Morgan fingerprint density at radius 3 is 3.00 bits per heavy atom. The van der Waals surface area contributed by atoms with Gasteiger partial charge in [0, 0.05) is 23.2 Å². The number of aromatic hydroxyl groups is 1. The van der Waals surface area contributed by atoms with Crippen LogP contribution in [0, 0.1) is 0 Å². The molecule has 78 valence electrons. The Bertz CT molecular complexity index is 408. The van der Waals surface area contributed by atoms with Crippen LogP contribution in [0.4, 0.5) is 5.69 Å². The Morgan fingerprint density at radius 2 is 2.33 bits per heavy atom. The molecule has 5 nitrogen and oxygen atoms in total. The van der Waals surface area contributed by atoms with Crippen molar-refractivity contribution >= 4 is 11.8 Å². The van der Waals surface area contributed by atoms with Gasteiger partial charge in [-0.2, -0.15) is 0 Å². The largest absolute Gasteiger partial charge is 0.508 e. The molecule has 3 N–H and O–H groups in total. The number of rotatable bonds is 4. The Morgan fingerprint density at radius 1 is 1.53 bits per heavy atom. The fraction of sp³-hybridized carbons (Fsp3) is 0.200. The summed E-state index contributed by atoms with van der Waals surface area (Å²) in [4.78, 5) is 2.64. The Balaban J connectivity index is 2.60. The first-order chi connectivity index (χ1) is 7.24. The lowest BCUT2D eigenvalue weighted by atomic mass is 10.1. The van der Waals surface area contributed by atoms with Gasteiger partial charge in [0.1, 0.15) is 5.75 Å². The number of benzene rings is 1. The average molecular weight is 204 g/mol. The van der Waals surface area contributed by atoms with Crippen LogP contribution in [-0.2, 0) is 0 Å². The minimum atomic E-state index is 0.152. The van der Waals surface area contributed by atoms with Gasteiger partial charge < -0.3 is 10.8 Å². The second-order valence-corrected chi connectivity index (χ2v) is 2.96. The normalized spacial score (nSPS) is 10.1. The van der Waals surface area contributed by atoms with Gasteiger partial charge in [0.2, 0.25) is 0 Å². The van der Waals surface area contributed by atoms with Crippen molar-refractivity contribution in [1.29, 1.82) is 0 Å². The van der Waals surface area contributed by atoms with Crippen molar-refractivity contribution in [3.8, 4) is 5.75 Å². The molecule has 0 unspecified atom stereocenters. The van der Waals surface area contributed by atoms with Crippen LogP contribution < -0.4 is 5.73 Å². The van der Waals surface area contributed by atoms with E-state index < -0.39 is 0 Å². The molecule has 0 saturated carbocycles. The molecule has 0 heterocycles. The van der Waals surface area contributed by atoms with Crippen molar-refractivity contribution in [1.82, 2.24) is 0 Å². The number of nitrogen functional groups attached to an aromatic ring is 1. The van der Waals surface area contributed by atoms with Gasteiger partial charge in [-0.1, -0.05) is 17.3 Å². The highest BCUT2D eigenvalue weighted by molar-refractivity contribution is 5.65. The van der Waals surface area contributed by atoms with Crippen LogP contribution in [-0.4, -0.2) is 11.7 Å². The molecule has 0 amide bonds. The van der Waals surface area contributed by atoms with Crippen LogP contribution in [0.5, 0.6) is 5.75 Å². The number of nitrogens with two attached hydrogens (primary N) is 1. The fourth-order valence-electron chi connectivity index (χ4n) is 1.10. The van der Waals surface area contributed by atoms with Gasteiger partial charge in [-0.05, 0) is 29.6 Å². The molecular formula is C10H12N4O. The standard InChI is InChI=1S/C10H12N4O/c11-10-7-9(15)5-4-8(10)3-1-2-6-13-14-12/h1,3-5,7,15H,2,6,11H2. The number of phenolic OH excluding ortho intramolecular Hbond substituents is 1. The van der Waals surface area contributed by atoms with Crippen molar-refractivity contribution in [2.75, 3.05) is 12.3 Å². The lowest BCUT2D eigenvalue weighted by Gasteiger charge is -2.00. The third kappa shape index (κ3) is 3.62. The molecule has 15 heavy (non-hydrogen) atoms. The van der Waals surface area contributed by atoms with Crippen molar-refractivity contribution in [2.24, 2.45) is 5.11 Å². The van der Waals surface area contributed by atoms with E-state index in [0.717, 1.165) is 5.56 Å². The maximum Gasteiger partial charge on any atom is 0.117 e. The number of anilines is 1. The van der Waals surface area contributed by atoms with E-state index in [9.17, 15) is 0 Å². The summed E-state index contributed by atoms with van der Waals surface area (Å²) in [5, 5.41) is 12.5. The minimum absolute atomic E-state index is 0.152. The fourth-order valence-corrected chi connectivity index (χ4v) is 1.10. The first kappa shape index (κ1) is 10.9. The lowest BCUT2D eigenvalue weighted by Crippen LogP contribution is -1.88. The molecule has 0 fully saturated rings. The quantitative estimate of drug-likeness (QED) is 0.259. The van der Waals surface area contributed by atoms with Crippen LogP contribution in [0.2, 0.25) is 0 Å². The molecule has 0 aliphatic carbocycles. The molecule has 1 aromatic rings. The van der Waals surface area contributed by atoms with Crippen LogP contribution in [0.15, 0.2) is 29.4 Å². The van der Waals surface area contributed by atoms with Crippen LogP contribution >= 0.6 is 0 Å². The summed E-state index contributed by atoms with van der Waals surface area (Å²) in [5.41, 5.74) is 15.1. The van der Waals surface area contributed by atoms with Gasteiger partial charge in [0.15, 0.2) is 0 Å². The molecule has 0 bridgehead atoms. The molecule has 0 saturated heterocycles. The molecular weight excluding hydrogens is 192 g/mol. The second-order valence-electron chi connectivity index (χ2n) is 2.96. The zero-order valence-corrected chi connectivity index (χ0v) is 8.17. The molecule has 5 heteroatoms. The summed E-state index contributed by atoms with van der Waals surface area (Å²) in [6.07, 6.45) is 4.38. The van der Waals surface area contributed by atoms with Crippen molar-refractivity contribution in [2.45, 2.75) is 6.42 Å². The number of phenols is 1. The number of hydrogen-bond donors (Lipinski definition) is 2. The molecule has 0 spiro atoms. The van der Waals surface area contributed by atoms with E-state index in [-0.39, 0.29) is 5.75 Å². The molecule has 0 aromatic heterocycles. The highest BCUT2D eigenvalue weighted by Crippen LogP contribution is 2.19. The zero-order chi connectivity index (χ0) is 11.1. The molecule has 0 aliphatic rings. The van der Waals surface area contributed by atoms with Crippen molar-refractivity contribution in [3.63, 3.8) is 0 Å². The summed E-state index contributed by atoms with van der Waals surface area (Å²) >= 11 is 0. The number of nitrogens with zero attached hydrogens (tertiary/aromatic N) is 3. The summed E-state index contributed by atoms with van der Waals surface area (Å²) in [7, 11) is 0. The third-order valence-corrected chi connectivity index (χ3v) is 1.83. The Labute approximate surface area is 87.5 Å². The maximum atomic E-state index is 9.12. The maximum absolute atomic E-state index is 9.12. The minimum Gasteiger partial charge on any atom is -0.508 e. The highest BCUT2D eigenvalue weighted by Gasteiger charge is 1.95. The number of hydrogen-bond acceptors (Lipinski definition) is 3. The lowest BCUT2D eigenvalue weighted by molar-refractivity contribution is 0.475. The molecule has 1 aromatic carbocycles. The topological polar surface area (TPSA) is 95.0 Å². The van der Waals surface area contributed by atoms with E-state index in [0.29, 0.717) is 18.7 Å². The third-order valence-electron chi connectivity index (χ3n) is 1.83. The first-order valence-electron chi connectivity index (χ1n) is 4.50. The molecule has 0 aliphatic heterocycles. The Kier molecular flexibility index (Phi) is 4.06. The van der Waals surface area contributed by atoms with E-state index in [1.807, 2.05) is 12.2 Å². The van der Waals surface area contributed by atoms with Gasteiger partial charge in [0.05, 0.1) is 0 Å². The van der Waals surface area contributed by atoms with E-state index in [1.165, 1.54) is 6.07 Å². The van der Waals surface area contributed by atoms with Crippen molar-refractivity contribution in [3.05, 3.63) is 40.3 Å². The van der Waals surface area contributed by atoms with Gasteiger partial charge in [-0.15, -0.1) is 0 Å². The van der Waals surface area contributed by atoms with E-state index >= 15 is 0 Å². The summed E-state index contributed by atoms with van der Waals surface area (Å²) in [6.45, 7) is 0.436. The van der Waals surface area contributed by atoms with Crippen LogP contribution in [0.1, 0.15) is 12.0 Å². The van der Waals surface area contributed by atoms with Crippen molar-refractivity contribution < 1.29 is 5.11 Å². The highest BCUT2D eigenvalue weighted by atomic mass is 16.3. The predicted molar refractivity (Wildman–Crippen MR) is 60.2 cm³/mol. The zero-order valence-electron chi connectivity index (χ0n) is 8.17. The van der Waals surface area contributed by atoms with Gasteiger partial charge in [-0.3, -0.25) is 0 Å². The van der Waals surface area contributed by atoms with Gasteiger partial charge in [0.25, 0.3) is 0 Å². The monoisotopic (exact) mass is 204 g/mol. The Hall–Kier alpha value is -2.13. The molecule has 1 rings (SSSR count). The van der Waals surface area contributed by atoms with Gasteiger partial charge >= 0.3 is 0 Å². The number of azide groups is 1. The predicted octanol–water partition coefficient (Wildman–Crippen LogP) is 2.69. The van der Waals surface area contributed by atoms with Crippen LogP contribution in [0.3, 0.4) is 0 Å². The molecule has 0 atom stereocenters. The van der Waals surface area contributed by atoms with Crippen LogP contribution in [0.25, 0.3) is 16.5 Å². The van der Waals surface area contributed by atoms with E-state index in [1.54, 1.807) is 12.1 Å². The first-order valence-corrected chi connectivity index (χ1v) is 4.50. The van der Waals surface area contributed by atoms with Gasteiger partial charge in [-0.25, -0.2) is 0 Å². The second kappa shape index (κ2) is 5.57.